The van der Waals surface area contributed by atoms with Crippen LogP contribution in [0.25, 0.3) is 0 Å². The van der Waals surface area contributed by atoms with Crippen LogP contribution in [0.4, 0.5) is 0 Å². The highest BCUT2D eigenvalue weighted by Crippen LogP contribution is 2.32. The molecule has 2 atom stereocenters. The molecular formula is C11H17N3OS. The lowest BCUT2D eigenvalue weighted by Gasteiger charge is -2.19. The van der Waals surface area contributed by atoms with Gasteiger partial charge in [0.2, 0.25) is 5.89 Å². The van der Waals surface area contributed by atoms with Crippen molar-refractivity contribution in [3.8, 4) is 0 Å². The van der Waals surface area contributed by atoms with Gasteiger partial charge >= 0.3 is 0 Å². The maximum Gasteiger partial charge on any atom is 0.230 e. The van der Waals surface area contributed by atoms with Crippen LogP contribution in [0.3, 0.4) is 0 Å². The van der Waals surface area contributed by atoms with Crippen molar-refractivity contribution >= 4 is 11.8 Å². The van der Waals surface area contributed by atoms with Gasteiger partial charge in [-0.2, -0.15) is 16.7 Å². The predicted octanol–water partition coefficient (Wildman–Crippen LogP) is 1.76. The number of hydrogen-bond acceptors (Lipinski definition) is 5. The minimum Gasteiger partial charge on any atom is -0.339 e. The average molecular weight is 239 g/mol. The lowest BCUT2D eigenvalue weighted by atomic mass is 9.99. The van der Waals surface area contributed by atoms with E-state index in [9.17, 15) is 0 Å². The van der Waals surface area contributed by atoms with Crippen LogP contribution in [0.2, 0.25) is 0 Å². The Hall–Kier alpha value is -0.550. The van der Waals surface area contributed by atoms with Crippen molar-refractivity contribution in [2.24, 2.45) is 0 Å². The Bertz CT molecular complexity index is 343. The Labute approximate surface area is 99.6 Å². The maximum atomic E-state index is 5.40. The van der Waals surface area contributed by atoms with Crippen molar-refractivity contribution in [2.75, 3.05) is 24.6 Å². The largest absolute Gasteiger partial charge is 0.339 e. The van der Waals surface area contributed by atoms with Crippen LogP contribution in [0.1, 0.15) is 42.8 Å². The number of thioether (sulfide) groups is 1. The number of nitrogens with zero attached hydrogens (tertiary/aromatic N) is 2. The molecule has 2 aliphatic rings. The van der Waals surface area contributed by atoms with Gasteiger partial charge in [-0.25, -0.2) is 0 Å². The first-order valence-corrected chi connectivity index (χ1v) is 7.21. The molecule has 3 heterocycles. The molecule has 0 aromatic carbocycles. The molecule has 0 amide bonds. The Morgan fingerprint density at radius 2 is 2.31 bits per heavy atom. The summed E-state index contributed by atoms with van der Waals surface area (Å²) in [6.07, 6.45) is 3.59. The summed E-state index contributed by atoms with van der Waals surface area (Å²) in [5.74, 6) is 5.12. The van der Waals surface area contributed by atoms with Gasteiger partial charge in [0.05, 0.1) is 0 Å². The van der Waals surface area contributed by atoms with Gasteiger partial charge in [-0.1, -0.05) is 5.16 Å². The zero-order chi connectivity index (χ0) is 10.8. The fraction of sp³-hybridized carbons (Fsp3) is 0.818. The molecule has 3 rings (SSSR count). The van der Waals surface area contributed by atoms with Gasteiger partial charge in [0.1, 0.15) is 0 Å². The molecular weight excluding hydrogens is 222 g/mol. The molecule has 0 saturated carbocycles. The molecule has 4 nitrogen and oxygen atoms in total. The first-order chi connectivity index (χ1) is 7.93. The monoisotopic (exact) mass is 239 g/mol. The van der Waals surface area contributed by atoms with E-state index in [1.807, 2.05) is 11.8 Å². The van der Waals surface area contributed by atoms with Crippen molar-refractivity contribution in [1.29, 1.82) is 0 Å². The molecule has 0 bridgehead atoms. The number of rotatable bonds is 2. The summed E-state index contributed by atoms with van der Waals surface area (Å²) in [6, 6.07) is 0. The van der Waals surface area contributed by atoms with Crippen LogP contribution < -0.4 is 5.32 Å². The molecule has 2 unspecified atom stereocenters. The lowest BCUT2D eigenvalue weighted by Crippen LogP contribution is -2.28. The van der Waals surface area contributed by atoms with E-state index < -0.39 is 0 Å². The molecule has 16 heavy (non-hydrogen) atoms. The van der Waals surface area contributed by atoms with Crippen LogP contribution in [0.5, 0.6) is 0 Å². The van der Waals surface area contributed by atoms with Crippen LogP contribution in [-0.4, -0.2) is 34.7 Å². The summed E-state index contributed by atoms with van der Waals surface area (Å²) in [7, 11) is 0. The van der Waals surface area contributed by atoms with Crippen LogP contribution in [0, 0.1) is 0 Å². The van der Waals surface area contributed by atoms with Crippen LogP contribution in [0.15, 0.2) is 4.52 Å². The van der Waals surface area contributed by atoms with Gasteiger partial charge < -0.3 is 9.84 Å². The highest BCUT2D eigenvalue weighted by Gasteiger charge is 2.26. The second-order valence-electron chi connectivity index (χ2n) is 4.59. The van der Waals surface area contributed by atoms with Crippen molar-refractivity contribution < 1.29 is 4.52 Å². The van der Waals surface area contributed by atoms with Gasteiger partial charge in [-0.15, -0.1) is 0 Å². The van der Waals surface area contributed by atoms with Gasteiger partial charge in [-0.3, -0.25) is 0 Å². The summed E-state index contributed by atoms with van der Waals surface area (Å²) < 4.78 is 5.40. The van der Waals surface area contributed by atoms with Gasteiger partial charge in [0.25, 0.3) is 0 Å². The summed E-state index contributed by atoms with van der Waals surface area (Å²) in [5, 5.41) is 7.54. The normalized spacial score (nSPS) is 30.8. The molecule has 2 fully saturated rings. The van der Waals surface area contributed by atoms with Crippen LogP contribution >= 0.6 is 11.8 Å². The molecule has 0 aliphatic carbocycles. The number of piperidine rings is 1. The Balaban J connectivity index is 1.71. The summed E-state index contributed by atoms with van der Waals surface area (Å²) >= 11 is 1.98. The van der Waals surface area contributed by atoms with E-state index in [-0.39, 0.29) is 0 Å². The molecule has 0 spiro atoms. The van der Waals surface area contributed by atoms with Crippen molar-refractivity contribution in [1.82, 2.24) is 15.5 Å². The van der Waals surface area contributed by atoms with Crippen LogP contribution in [-0.2, 0) is 0 Å². The number of hydrogen-bond donors (Lipinski definition) is 1. The topological polar surface area (TPSA) is 51.0 Å². The van der Waals surface area contributed by atoms with Crippen molar-refractivity contribution in [3.05, 3.63) is 11.7 Å². The third-order valence-electron chi connectivity index (χ3n) is 3.40. The number of aromatic nitrogens is 2. The van der Waals surface area contributed by atoms with E-state index >= 15 is 0 Å². The zero-order valence-electron chi connectivity index (χ0n) is 9.32. The third kappa shape index (κ3) is 2.11. The average Bonchev–Trinajstić information content (AvgIpc) is 3.01. The highest BCUT2D eigenvalue weighted by molar-refractivity contribution is 7.99. The van der Waals surface area contributed by atoms with E-state index in [0.717, 1.165) is 30.6 Å². The predicted molar refractivity (Wildman–Crippen MR) is 63.8 cm³/mol. The quantitative estimate of drug-likeness (QED) is 0.852. The molecule has 0 radical (unpaired) electrons. The Morgan fingerprint density at radius 3 is 3.06 bits per heavy atom. The SMILES string of the molecule is C1CNCC(c2noc(C3CCSC3)n2)C1. The van der Waals surface area contributed by atoms with E-state index in [2.05, 4.69) is 15.5 Å². The van der Waals surface area contributed by atoms with E-state index in [4.69, 9.17) is 4.52 Å². The molecule has 1 aromatic heterocycles. The maximum absolute atomic E-state index is 5.40. The lowest BCUT2D eigenvalue weighted by molar-refractivity contribution is 0.348. The Morgan fingerprint density at radius 1 is 1.31 bits per heavy atom. The van der Waals surface area contributed by atoms with Crippen molar-refractivity contribution in [2.45, 2.75) is 31.1 Å². The van der Waals surface area contributed by atoms with E-state index in [1.165, 1.54) is 25.0 Å². The second-order valence-corrected chi connectivity index (χ2v) is 5.74. The summed E-state index contributed by atoms with van der Waals surface area (Å²) in [6.45, 7) is 2.12. The molecule has 2 aliphatic heterocycles. The highest BCUT2D eigenvalue weighted by atomic mass is 32.2. The van der Waals surface area contributed by atoms with Gasteiger partial charge in [-0.05, 0) is 31.6 Å². The van der Waals surface area contributed by atoms with E-state index in [0.29, 0.717) is 11.8 Å². The van der Waals surface area contributed by atoms with Crippen molar-refractivity contribution in [3.63, 3.8) is 0 Å². The molecule has 2 saturated heterocycles. The fourth-order valence-electron chi connectivity index (χ4n) is 2.38. The van der Waals surface area contributed by atoms with E-state index in [1.54, 1.807) is 0 Å². The molecule has 1 N–H and O–H groups in total. The third-order valence-corrected chi connectivity index (χ3v) is 4.56. The molecule has 5 heteroatoms. The number of nitrogens with one attached hydrogen (secondary N) is 1. The van der Waals surface area contributed by atoms with Gasteiger partial charge in [0, 0.05) is 24.1 Å². The first kappa shape index (κ1) is 10.6. The Kier molecular flexibility index (Phi) is 3.15. The summed E-state index contributed by atoms with van der Waals surface area (Å²) in [5.41, 5.74) is 0. The first-order valence-electron chi connectivity index (χ1n) is 6.05. The second kappa shape index (κ2) is 4.75. The zero-order valence-corrected chi connectivity index (χ0v) is 10.1. The summed E-state index contributed by atoms with van der Waals surface area (Å²) in [4.78, 5) is 4.58. The smallest absolute Gasteiger partial charge is 0.230 e. The fourth-order valence-corrected chi connectivity index (χ4v) is 3.59. The molecule has 1 aromatic rings. The standard InChI is InChI=1S/C11H17N3OS/c1-2-8(6-12-4-1)10-13-11(15-14-10)9-3-5-16-7-9/h8-9,12H,1-7H2. The minimum absolute atomic E-state index is 0.459. The minimum atomic E-state index is 0.459. The molecule has 88 valence electrons. The van der Waals surface area contributed by atoms with Gasteiger partial charge in [0.15, 0.2) is 5.82 Å².